The molecule has 2 heterocycles. The fourth-order valence-electron chi connectivity index (χ4n) is 3.97. The number of hydrogen-bond acceptors (Lipinski definition) is 4. The highest BCUT2D eigenvalue weighted by Gasteiger charge is 2.28. The van der Waals surface area contributed by atoms with Crippen LogP contribution in [-0.4, -0.2) is 55.2 Å². The minimum Gasteiger partial charge on any atom is -0.494 e. The van der Waals surface area contributed by atoms with Gasteiger partial charge in [0.05, 0.1) is 6.61 Å². The molecule has 1 unspecified atom stereocenters. The molecule has 30 heavy (non-hydrogen) atoms. The third-order valence-electron chi connectivity index (χ3n) is 5.94. The van der Waals surface area contributed by atoms with E-state index in [0.717, 1.165) is 31.4 Å². The van der Waals surface area contributed by atoms with Crippen LogP contribution in [0.3, 0.4) is 0 Å². The van der Waals surface area contributed by atoms with Crippen molar-refractivity contribution in [2.24, 2.45) is 0 Å². The number of likely N-dealkylation sites (tertiary alicyclic amines) is 1. The summed E-state index contributed by atoms with van der Waals surface area (Å²) in [5.74, 6) is 1.02. The molecule has 2 fully saturated rings. The highest BCUT2D eigenvalue weighted by Crippen LogP contribution is 2.24. The molecule has 2 aliphatic heterocycles. The molecule has 0 bridgehead atoms. The average molecular weight is 417 g/mol. The molecular formula is C24H36N2O4. The molecule has 0 aliphatic carbocycles. The molecule has 1 atom stereocenters. The first-order valence-corrected chi connectivity index (χ1v) is 11.3. The zero-order chi connectivity index (χ0) is 21.6. The number of carbonyl (C=O) groups excluding carboxylic acids is 2. The first-order chi connectivity index (χ1) is 14.3. The minimum absolute atomic E-state index is 0.00459. The van der Waals surface area contributed by atoms with Crippen LogP contribution in [0.2, 0.25) is 0 Å². The van der Waals surface area contributed by atoms with Crippen molar-refractivity contribution in [3.63, 3.8) is 0 Å². The number of carbonyl (C=O) groups is 2. The van der Waals surface area contributed by atoms with Crippen molar-refractivity contribution in [2.45, 2.75) is 76.9 Å². The molecule has 3 rings (SSSR count). The molecule has 1 aromatic carbocycles. The lowest BCUT2D eigenvalue weighted by atomic mass is 9.87. The first kappa shape index (κ1) is 22.6. The lowest BCUT2D eigenvalue weighted by Gasteiger charge is -2.33. The number of hydrogen-bond donors (Lipinski definition) is 1. The van der Waals surface area contributed by atoms with Crippen molar-refractivity contribution in [1.82, 2.24) is 10.2 Å². The molecule has 0 spiro atoms. The maximum atomic E-state index is 12.5. The molecule has 6 nitrogen and oxygen atoms in total. The van der Waals surface area contributed by atoms with Gasteiger partial charge in [-0.1, -0.05) is 32.9 Å². The Morgan fingerprint density at radius 2 is 1.83 bits per heavy atom. The van der Waals surface area contributed by atoms with Gasteiger partial charge in [-0.15, -0.1) is 0 Å². The summed E-state index contributed by atoms with van der Waals surface area (Å²) < 4.78 is 11.2. The molecule has 2 saturated heterocycles. The molecule has 0 aromatic heterocycles. The van der Waals surface area contributed by atoms with E-state index in [2.05, 4.69) is 38.2 Å². The van der Waals surface area contributed by atoms with Crippen molar-refractivity contribution >= 4 is 11.8 Å². The van der Waals surface area contributed by atoms with E-state index in [1.165, 1.54) is 5.56 Å². The van der Waals surface area contributed by atoms with Gasteiger partial charge in [-0.3, -0.25) is 9.59 Å². The van der Waals surface area contributed by atoms with E-state index in [4.69, 9.17) is 9.47 Å². The minimum atomic E-state index is -0.283. The van der Waals surface area contributed by atoms with Gasteiger partial charge < -0.3 is 19.7 Å². The van der Waals surface area contributed by atoms with E-state index in [1.807, 2.05) is 17.0 Å². The lowest BCUT2D eigenvalue weighted by molar-refractivity contribution is -0.133. The largest absolute Gasteiger partial charge is 0.494 e. The van der Waals surface area contributed by atoms with E-state index >= 15 is 0 Å². The van der Waals surface area contributed by atoms with Crippen molar-refractivity contribution in [2.75, 3.05) is 26.3 Å². The normalized spacial score (nSPS) is 20.2. The maximum absolute atomic E-state index is 12.5. The Morgan fingerprint density at radius 1 is 1.13 bits per heavy atom. The first-order valence-electron chi connectivity index (χ1n) is 11.3. The maximum Gasteiger partial charge on any atom is 0.249 e. The van der Waals surface area contributed by atoms with Crippen molar-refractivity contribution in [3.8, 4) is 5.75 Å². The molecule has 2 aliphatic rings. The quantitative estimate of drug-likeness (QED) is 0.692. The Bertz CT molecular complexity index is 697. The van der Waals surface area contributed by atoms with Crippen LogP contribution in [0.1, 0.15) is 64.9 Å². The molecular weight excluding hydrogens is 380 g/mol. The van der Waals surface area contributed by atoms with Crippen LogP contribution in [0.4, 0.5) is 0 Å². The third-order valence-corrected chi connectivity index (χ3v) is 5.94. The zero-order valence-corrected chi connectivity index (χ0v) is 18.6. The fourth-order valence-corrected chi connectivity index (χ4v) is 3.97. The van der Waals surface area contributed by atoms with Crippen LogP contribution >= 0.6 is 0 Å². The summed E-state index contributed by atoms with van der Waals surface area (Å²) in [6, 6.07) is 8.34. The van der Waals surface area contributed by atoms with E-state index in [9.17, 15) is 9.59 Å². The number of nitrogens with zero attached hydrogens (tertiary/aromatic N) is 1. The van der Waals surface area contributed by atoms with Gasteiger partial charge >= 0.3 is 0 Å². The zero-order valence-electron chi connectivity index (χ0n) is 18.6. The molecule has 166 valence electrons. The highest BCUT2D eigenvalue weighted by atomic mass is 16.5. The number of nitrogens with one attached hydrogen (secondary N) is 1. The van der Waals surface area contributed by atoms with Crippen molar-refractivity contribution in [3.05, 3.63) is 29.8 Å². The average Bonchev–Trinajstić information content (AvgIpc) is 3.26. The second-order valence-corrected chi connectivity index (χ2v) is 9.39. The summed E-state index contributed by atoms with van der Waals surface area (Å²) in [6.45, 7) is 9.18. The number of piperidine rings is 1. The summed E-state index contributed by atoms with van der Waals surface area (Å²) in [5, 5.41) is 3.08. The highest BCUT2D eigenvalue weighted by molar-refractivity contribution is 5.81. The van der Waals surface area contributed by atoms with E-state index in [-0.39, 0.29) is 29.4 Å². The van der Waals surface area contributed by atoms with Crippen LogP contribution in [0, 0.1) is 0 Å². The van der Waals surface area contributed by atoms with Crippen LogP contribution in [0.25, 0.3) is 0 Å². The number of rotatable bonds is 7. The van der Waals surface area contributed by atoms with Crippen LogP contribution < -0.4 is 10.1 Å². The summed E-state index contributed by atoms with van der Waals surface area (Å²) in [4.78, 5) is 26.5. The summed E-state index contributed by atoms with van der Waals surface area (Å²) in [5.41, 5.74) is 1.41. The molecule has 1 N–H and O–H groups in total. The molecule has 6 heteroatoms. The van der Waals surface area contributed by atoms with Crippen LogP contribution in [0.15, 0.2) is 24.3 Å². The van der Waals surface area contributed by atoms with Crippen LogP contribution in [0.5, 0.6) is 5.75 Å². The SMILES string of the molecule is CC(C)(C)c1ccc(OCCCC(=O)N2CCC(NC(=O)C3CCCO3)CC2)cc1. The number of ether oxygens (including phenoxy) is 2. The smallest absolute Gasteiger partial charge is 0.249 e. The second kappa shape index (κ2) is 10.3. The Hall–Kier alpha value is -2.08. The summed E-state index contributed by atoms with van der Waals surface area (Å²) >= 11 is 0. The van der Waals surface area contributed by atoms with Gasteiger partial charge in [0.1, 0.15) is 11.9 Å². The van der Waals surface area contributed by atoms with Crippen molar-refractivity contribution in [1.29, 1.82) is 0 Å². The van der Waals surface area contributed by atoms with E-state index in [0.29, 0.717) is 39.1 Å². The standard InChI is InChI=1S/C24H36N2O4/c1-24(2,3)18-8-10-20(11-9-18)29-16-5-7-22(27)26-14-12-19(13-15-26)25-23(28)21-6-4-17-30-21/h8-11,19,21H,4-7,12-17H2,1-3H3,(H,25,28). The molecule has 0 saturated carbocycles. The molecule has 1 aromatic rings. The van der Waals surface area contributed by atoms with Gasteiger partial charge in [0.2, 0.25) is 11.8 Å². The topological polar surface area (TPSA) is 67.9 Å². The van der Waals surface area contributed by atoms with Crippen molar-refractivity contribution < 1.29 is 19.1 Å². The number of benzene rings is 1. The van der Waals surface area contributed by atoms with Gasteiger partial charge in [0.25, 0.3) is 0 Å². The number of amides is 2. The van der Waals surface area contributed by atoms with Gasteiger partial charge in [-0.2, -0.15) is 0 Å². The Kier molecular flexibility index (Phi) is 7.75. The predicted molar refractivity (Wildman–Crippen MR) is 117 cm³/mol. The monoisotopic (exact) mass is 416 g/mol. The van der Waals surface area contributed by atoms with Gasteiger partial charge in [0.15, 0.2) is 0 Å². The van der Waals surface area contributed by atoms with E-state index in [1.54, 1.807) is 0 Å². The van der Waals surface area contributed by atoms with Gasteiger partial charge in [-0.25, -0.2) is 0 Å². The van der Waals surface area contributed by atoms with Gasteiger partial charge in [-0.05, 0) is 55.2 Å². The Labute approximate surface area is 180 Å². The predicted octanol–water partition coefficient (Wildman–Crippen LogP) is 3.43. The summed E-state index contributed by atoms with van der Waals surface area (Å²) in [7, 11) is 0. The Balaban J connectivity index is 1.31. The summed E-state index contributed by atoms with van der Waals surface area (Å²) in [6.07, 6.45) is 4.29. The fraction of sp³-hybridized carbons (Fsp3) is 0.667. The second-order valence-electron chi connectivity index (χ2n) is 9.39. The van der Waals surface area contributed by atoms with E-state index < -0.39 is 0 Å². The lowest BCUT2D eigenvalue weighted by Crippen LogP contribution is -2.48. The Morgan fingerprint density at radius 3 is 2.43 bits per heavy atom. The van der Waals surface area contributed by atoms with Gasteiger partial charge in [0, 0.05) is 32.2 Å². The molecule has 2 amide bonds. The van der Waals surface area contributed by atoms with Crippen LogP contribution in [-0.2, 0) is 19.7 Å². The molecule has 0 radical (unpaired) electrons. The third kappa shape index (κ3) is 6.46.